The summed E-state index contributed by atoms with van der Waals surface area (Å²) < 4.78 is 4.62. The average molecular weight is 445 g/mol. The predicted octanol–water partition coefficient (Wildman–Crippen LogP) is 2.93. The summed E-state index contributed by atoms with van der Waals surface area (Å²) in [6, 6.07) is 13.4. The fourth-order valence-corrected chi connectivity index (χ4v) is 3.19. The monoisotopic (exact) mass is 444 g/mol. The van der Waals surface area contributed by atoms with Gasteiger partial charge in [0.05, 0.1) is 18.4 Å². The van der Waals surface area contributed by atoms with Crippen molar-refractivity contribution in [3.63, 3.8) is 0 Å². The number of thioether (sulfide) groups is 1. The second-order valence-electron chi connectivity index (χ2n) is 6.11. The molecule has 30 heavy (non-hydrogen) atoms. The molecule has 10 heteroatoms. The maximum Gasteiger partial charge on any atom is 0.337 e. The number of amides is 1. The molecule has 1 amide bonds. The van der Waals surface area contributed by atoms with Crippen LogP contribution in [0.1, 0.15) is 21.6 Å². The van der Waals surface area contributed by atoms with E-state index in [9.17, 15) is 14.4 Å². The first-order valence-corrected chi connectivity index (χ1v) is 10.1. The number of nitrogens with zero attached hydrogens (tertiary/aromatic N) is 2. The van der Waals surface area contributed by atoms with Gasteiger partial charge in [-0.05, 0) is 42.0 Å². The van der Waals surface area contributed by atoms with Gasteiger partial charge in [-0.3, -0.25) is 14.6 Å². The number of rotatable bonds is 7. The van der Waals surface area contributed by atoms with Gasteiger partial charge in [-0.25, -0.2) is 4.79 Å². The summed E-state index contributed by atoms with van der Waals surface area (Å²) in [7, 11) is 1.30. The third-order valence-corrected chi connectivity index (χ3v) is 5.07. The average Bonchev–Trinajstić information content (AvgIpc) is 2.75. The molecule has 0 saturated heterocycles. The summed E-state index contributed by atoms with van der Waals surface area (Å²) in [5.74, 6) is -0.718. The van der Waals surface area contributed by atoms with Crippen LogP contribution in [0, 0.1) is 0 Å². The molecule has 0 fully saturated rings. The normalized spacial score (nSPS) is 10.5. The van der Waals surface area contributed by atoms with Crippen molar-refractivity contribution in [2.45, 2.75) is 11.6 Å². The highest BCUT2D eigenvalue weighted by atomic mass is 35.5. The third-order valence-electron chi connectivity index (χ3n) is 3.96. The lowest BCUT2D eigenvalue weighted by molar-refractivity contribution is -0.113. The molecule has 0 unspecified atom stereocenters. The molecule has 2 aromatic carbocycles. The Labute approximate surface area is 181 Å². The Balaban J connectivity index is 1.54. The number of aromatic amines is 1. The van der Waals surface area contributed by atoms with Crippen LogP contribution in [-0.4, -0.2) is 39.9 Å². The number of esters is 1. The van der Waals surface area contributed by atoms with E-state index >= 15 is 0 Å². The van der Waals surface area contributed by atoms with Crippen molar-refractivity contribution in [1.82, 2.24) is 15.2 Å². The minimum atomic E-state index is -0.453. The van der Waals surface area contributed by atoms with Gasteiger partial charge in [-0.15, -0.1) is 10.2 Å². The maximum atomic E-state index is 12.2. The Morgan fingerprint density at radius 2 is 1.80 bits per heavy atom. The molecule has 0 atom stereocenters. The summed E-state index contributed by atoms with van der Waals surface area (Å²) in [6.45, 7) is 0. The van der Waals surface area contributed by atoms with E-state index in [1.807, 2.05) is 12.1 Å². The molecule has 0 aliphatic heterocycles. The Morgan fingerprint density at radius 1 is 1.10 bits per heavy atom. The van der Waals surface area contributed by atoms with Crippen LogP contribution in [0.2, 0.25) is 5.02 Å². The van der Waals surface area contributed by atoms with Crippen LogP contribution in [0.3, 0.4) is 0 Å². The van der Waals surface area contributed by atoms with Gasteiger partial charge >= 0.3 is 5.97 Å². The summed E-state index contributed by atoms with van der Waals surface area (Å²) in [6.07, 6.45) is 0.326. The number of benzene rings is 2. The number of hydrogen-bond acceptors (Lipinski definition) is 7. The molecule has 3 rings (SSSR count). The zero-order valence-electron chi connectivity index (χ0n) is 15.8. The number of ether oxygens (including phenoxy) is 1. The topological polar surface area (TPSA) is 114 Å². The van der Waals surface area contributed by atoms with Crippen LogP contribution >= 0.6 is 23.4 Å². The van der Waals surface area contributed by atoms with Gasteiger partial charge < -0.3 is 10.1 Å². The van der Waals surface area contributed by atoms with Crippen LogP contribution in [0.5, 0.6) is 0 Å². The van der Waals surface area contributed by atoms with Gasteiger partial charge in [-0.2, -0.15) is 0 Å². The first kappa shape index (κ1) is 21.5. The van der Waals surface area contributed by atoms with E-state index in [2.05, 4.69) is 25.2 Å². The van der Waals surface area contributed by atoms with E-state index in [1.54, 1.807) is 36.4 Å². The molecule has 0 aliphatic carbocycles. The second-order valence-corrected chi connectivity index (χ2v) is 7.52. The number of methoxy groups -OCH3 is 1. The highest BCUT2D eigenvalue weighted by Crippen LogP contribution is 2.14. The van der Waals surface area contributed by atoms with Crippen LogP contribution in [-0.2, 0) is 16.0 Å². The molecule has 0 saturated carbocycles. The highest BCUT2D eigenvalue weighted by Gasteiger charge is 2.10. The molecule has 154 valence electrons. The molecule has 0 bridgehead atoms. The number of anilines is 1. The lowest BCUT2D eigenvalue weighted by Crippen LogP contribution is -2.19. The number of H-pyrrole nitrogens is 1. The van der Waals surface area contributed by atoms with Crippen LogP contribution in [0.25, 0.3) is 0 Å². The Hall–Kier alpha value is -3.17. The number of hydrogen-bond donors (Lipinski definition) is 2. The van der Waals surface area contributed by atoms with Crippen LogP contribution in [0.15, 0.2) is 58.5 Å². The van der Waals surface area contributed by atoms with Gasteiger partial charge in [0.2, 0.25) is 5.91 Å². The molecular weight excluding hydrogens is 428 g/mol. The molecule has 0 radical (unpaired) electrons. The summed E-state index contributed by atoms with van der Waals surface area (Å²) in [5, 5.41) is 11.5. The van der Waals surface area contributed by atoms with E-state index in [4.69, 9.17) is 11.6 Å². The quantitative estimate of drug-likeness (QED) is 0.425. The maximum absolute atomic E-state index is 12.2. The fourth-order valence-electron chi connectivity index (χ4n) is 2.46. The molecular formula is C20H17ClN4O4S. The van der Waals surface area contributed by atoms with Gasteiger partial charge in [0.25, 0.3) is 5.56 Å². The molecule has 1 aromatic heterocycles. The highest BCUT2D eigenvalue weighted by molar-refractivity contribution is 7.99. The van der Waals surface area contributed by atoms with Gasteiger partial charge in [0, 0.05) is 17.1 Å². The van der Waals surface area contributed by atoms with Crippen molar-refractivity contribution in [3.05, 3.63) is 80.7 Å². The molecule has 1 heterocycles. The summed E-state index contributed by atoms with van der Waals surface area (Å²) in [5.41, 5.74) is 1.72. The Bertz CT molecular complexity index is 1100. The zero-order valence-corrected chi connectivity index (χ0v) is 17.4. The van der Waals surface area contributed by atoms with Crippen LogP contribution < -0.4 is 10.9 Å². The number of carbonyl (C=O) groups is 2. The summed E-state index contributed by atoms with van der Waals surface area (Å²) in [4.78, 5) is 38.4. The SMILES string of the molecule is COC(=O)c1ccc(NC(=O)CSc2nnc(Cc3ccc(Cl)cc3)c(=O)[nH]2)cc1. The van der Waals surface area contributed by atoms with E-state index in [0.717, 1.165) is 17.3 Å². The van der Waals surface area contributed by atoms with Crippen LogP contribution in [0.4, 0.5) is 5.69 Å². The van der Waals surface area contributed by atoms with E-state index in [0.29, 0.717) is 22.7 Å². The number of halogens is 1. The number of aromatic nitrogens is 3. The number of carbonyl (C=O) groups excluding carboxylic acids is 2. The van der Waals surface area contributed by atoms with Crippen molar-refractivity contribution in [1.29, 1.82) is 0 Å². The first-order valence-electron chi connectivity index (χ1n) is 8.76. The number of nitrogens with one attached hydrogen (secondary N) is 2. The van der Waals surface area contributed by atoms with Gasteiger partial charge in [-0.1, -0.05) is 35.5 Å². The van der Waals surface area contributed by atoms with Crippen molar-refractivity contribution in [3.8, 4) is 0 Å². The lowest BCUT2D eigenvalue weighted by Gasteiger charge is -2.06. The van der Waals surface area contributed by atoms with Gasteiger partial charge in [0.15, 0.2) is 5.16 Å². The van der Waals surface area contributed by atoms with E-state index < -0.39 is 5.97 Å². The molecule has 2 N–H and O–H groups in total. The largest absolute Gasteiger partial charge is 0.465 e. The smallest absolute Gasteiger partial charge is 0.337 e. The van der Waals surface area contributed by atoms with Crippen molar-refractivity contribution in [2.75, 3.05) is 18.2 Å². The van der Waals surface area contributed by atoms with E-state index in [1.165, 1.54) is 7.11 Å². The lowest BCUT2D eigenvalue weighted by atomic mass is 10.1. The molecule has 3 aromatic rings. The molecule has 8 nitrogen and oxygen atoms in total. The molecule has 0 aliphatic rings. The van der Waals surface area contributed by atoms with Crippen molar-refractivity contribution >= 4 is 40.9 Å². The van der Waals surface area contributed by atoms with Gasteiger partial charge in [0.1, 0.15) is 5.69 Å². The first-order chi connectivity index (χ1) is 14.4. The minimum Gasteiger partial charge on any atom is -0.465 e. The Kier molecular flexibility index (Phi) is 7.21. The zero-order chi connectivity index (χ0) is 21.5. The third kappa shape index (κ3) is 5.91. The summed E-state index contributed by atoms with van der Waals surface area (Å²) >= 11 is 6.91. The van der Waals surface area contributed by atoms with E-state index in [-0.39, 0.29) is 28.1 Å². The second kappa shape index (κ2) is 10.0. The predicted molar refractivity (Wildman–Crippen MR) is 114 cm³/mol. The van der Waals surface area contributed by atoms with Crippen molar-refractivity contribution < 1.29 is 14.3 Å². The standard InChI is InChI=1S/C20H17ClN4O4S/c1-29-19(28)13-4-8-15(9-5-13)22-17(26)11-30-20-23-18(27)16(24-25-20)10-12-2-6-14(21)7-3-12/h2-9H,10-11H2,1H3,(H,22,26)(H,23,25,27). The molecule has 0 spiro atoms. The minimum absolute atomic E-state index is 0.0277. The van der Waals surface area contributed by atoms with Crippen molar-refractivity contribution in [2.24, 2.45) is 0 Å². The Morgan fingerprint density at radius 3 is 2.43 bits per heavy atom. The fraction of sp³-hybridized carbons (Fsp3) is 0.150.